The predicted molar refractivity (Wildman–Crippen MR) is 86.9 cm³/mol. The first-order valence-corrected chi connectivity index (χ1v) is 8.12. The number of fused-ring (bicyclic) bond motifs is 1. The Bertz CT molecular complexity index is 841. The van der Waals surface area contributed by atoms with Crippen LogP contribution in [0.3, 0.4) is 0 Å². The summed E-state index contributed by atoms with van der Waals surface area (Å²) in [6.07, 6.45) is 4.16. The first-order chi connectivity index (χ1) is 11.4. The van der Waals surface area contributed by atoms with Crippen LogP contribution in [0.15, 0.2) is 18.2 Å². The van der Waals surface area contributed by atoms with E-state index in [2.05, 4.69) is 10.4 Å². The topological polar surface area (TPSA) is 93.2 Å². The van der Waals surface area contributed by atoms with Crippen molar-refractivity contribution in [1.82, 2.24) is 9.78 Å². The van der Waals surface area contributed by atoms with Crippen LogP contribution < -0.4 is 11.1 Å². The molecule has 24 heavy (non-hydrogen) atoms. The Labute approximate surface area is 138 Å². The number of hydrogen-bond acceptors (Lipinski definition) is 4. The molecule has 2 heterocycles. The van der Waals surface area contributed by atoms with E-state index in [-0.39, 0.29) is 23.0 Å². The highest BCUT2D eigenvalue weighted by atomic mass is 19.1. The summed E-state index contributed by atoms with van der Waals surface area (Å²) in [5, 5.41) is 18.3. The lowest BCUT2D eigenvalue weighted by Gasteiger charge is -2.22. The number of aromatic nitrogens is 2. The van der Waals surface area contributed by atoms with Crippen LogP contribution in [-0.2, 0) is 10.4 Å². The van der Waals surface area contributed by atoms with Gasteiger partial charge in [0.2, 0.25) is 5.60 Å². The number of nitrogens with zero attached hydrogens (tertiary/aromatic N) is 2. The number of amides is 1. The summed E-state index contributed by atoms with van der Waals surface area (Å²) < 4.78 is 15.4. The van der Waals surface area contributed by atoms with E-state index in [4.69, 9.17) is 5.73 Å². The first-order valence-electron chi connectivity index (χ1n) is 8.12. The molecule has 1 atom stereocenters. The second kappa shape index (κ2) is 5.04. The van der Waals surface area contributed by atoms with E-state index >= 15 is 0 Å². The van der Waals surface area contributed by atoms with Crippen molar-refractivity contribution in [2.45, 2.75) is 44.2 Å². The highest BCUT2D eigenvalue weighted by Crippen LogP contribution is 2.45. The Morgan fingerprint density at radius 1 is 1.42 bits per heavy atom. The Morgan fingerprint density at radius 2 is 2.12 bits per heavy atom. The van der Waals surface area contributed by atoms with Crippen LogP contribution in [0.25, 0.3) is 0 Å². The lowest BCUT2D eigenvalue weighted by atomic mass is 9.87. The number of rotatable bonds is 2. The summed E-state index contributed by atoms with van der Waals surface area (Å²) in [6.45, 7) is 1.71. The molecule has 4 N–H and O–H groups in total. The molecule has 1 amide bonds. The largest absolute Gasteiger partial charge is 0.384 e. The van der Waals surface area contributed by atoms with Gasteiger partial charge >= 0.3 is 0 Å². The molecule has 1 aromatic carbocycles. The molecule has 0 saturated heterocycles. The monoisotopic (exact) mass is 330 g/mol. The molecule has 0 bridgehead atoms. The van der Waals surface area contributed by atoms with E-state index < -0.39 is 17.3 Å². The maximum atomic E-state index is 13.7. The molecular formula is C17H19FN4O2. The average Bonchev–Trinajstić information content (AvgIpc) is 3.21. The quantitative estimate of drug-likeness (QED) is 0.787. The van der Waals surface area contributed by atoms with E-state index in [1.54, 1.807) is 11.6 Å². The minimum absolute atomic E-state index is 0.174. The minimum atomic E-state index is -2.03. The third-order valence-corrected chi connectivity index (χ3v) is 5.10. The zero-order valence-corrected chi connectivity index (χ0v) is 13.3. The van der Waals surface area contributed by atoms with E-state index in [9.17, 15) is 14.3 Å². The SMILES string of the molecule is Cc1nn(C2CCCC2)c(N)c1[C@@]1(O)C(=O)Nc2ccc(F)cc21. The van der Waals surface area contributed by atoms with E-state index in [0.29, 0.717) is 11.4 Å². The molecule has 2 aromatic rings. The van der Waals surface area contributed by atoms with Gasteiger partial charge < -0.3 is 16.2 Å². The molecule has 0 spiro atoms. The molecule has 4 rings (SSSR count). The van der Waals surface area contributed by atoms with Crippen LogP contribution >= 0.6 is 0 Å². The van der Waals surface area contributed by atoms with E-state index in [0.717, 1.165) is 25.7 Å². The zero-order valence-electron chi connectivity index (χ0n) is 13.3. The van der Waals surface area contributed by atoms with Gasteiger partial charge in [0, 0.05) is 11.3 Å². The van der Waals surface area contributed by atoms with Crippen LogP contribution in [0.5, 0.6) is 0 Å². The summed E-state index contributed by atoms with van der Waals surface area (Å²) in [4.78, 5) is 12.5. The van der Waals surface area contributed by atoms with E-state index in [1.165, 1.54) is 18.2 Å². The molecule has 1 aromatic heterocycles. The van der Waals surface area contributed by atoms with Crippen molar-refractivity contribution in [1.29, 1.82) is 0 Å². The second-order valence-electron chi connectivity index (χ2n) is 6.58. The van der Waals surface area contributed by atoms with Gasteiger partial charge in [0.25, 0.3) is 5.91 Å². The lowest BCUT2D eigenvalue weighted by Crippen LogP contribution is -2.36. The van der Waals surface area contributed by atoms with Crippen LogP contribution in [-0.4, -0.2) is 20.8 Å². The maximum Gasteiger partial charge on any atom is 0.266 e. The smallest absolute Gasteiger partial charge is 0.266 e. The number of anilines is 2. The number of carbonyl (C=O) groups excluding carboxylic acids is 1. The van der Waals surface area contributed by atoms with Gasteiger partial charge in [-0.25, -0.2) is 9.07 Å². The van der Waals surface area contributed by atoms with Gasteiger partial charge in [-0.05, 0) is 38.0 Å². The predicted octanol–water partition coefficient (Wildman–Crippen LogP) is 2.22. The van der Waals surface area contributed by atoms with Crippen molar-refractivity contribution in [2.24, 2.45) is 0 Å². The van der Waals surface area contributed by atoms with Gasteiger partial charge in [0.1, 0.15) is 11.6 Å². The lowest BCUT2D eigenvalue weighted by molar-refractivity contribution is -0.129. The fourth-order valence-electron chi connectivity index (χ4n) is 3.95. The number of carbonyl (C=O) groups is 1. The van der Waals surface area contributed by atoms with Crippen LogP contribution in [0.1, 0.15) is 48.5 Å². The van der Waals surface area contributed by atoms with Crippen LogP contribution in [0, 0.1) is 12.7 Å². The number of aryl methyl sites for hydroxylation is 1. The van der Waals surface area contributed by atoms with E-state index in [1.807, 2.05) is 0 Å². The Hall–Kier alpha value is -2.41. The van der Waals surface area contributed by atoms with Crippen molar-refractivity contribution >= 4 is 17.4 Å². The standard InChI is InChI=1S/C17H19FN4O2/c1-9-14(15(19)22(21-9)11-4-2-3-5-11)17(24)12-8-10(18)6-7-13(12)20-16(17)23/h6-8,11,24H,2-5,19H2,1H3,(H,20,23)/t17-/m1/s1. The number of halogens is 1. The van der Waals surface area contributed by atoms with Gasteiger partial charge in [-0.3, -0.25) is 4.79 Å². The number of nitrogens with one attached hydrogen (secondary N) is 1. The summed E-state index contributed by atoms with van der Waals surface area (Å²) in [5.74, 6) is -0.888. The second-order valence-corrected chi connectivity index (χ2v) is 6.58. The highest BCUT2D eigenvalue weighted by molar-refractivity contribution is 6.08. The fraction of sp³-hybridized carbons (Fsp3) is 0.412. The summed E-state index contributed by atoms with van der Waals surface area (Å²) in [6, 6.07) is 4.02. The van der Waals surface area contributed by atoms with Gasteiger partial charge in [0.05, 0.1) is 17.3 Å². The number of aliphatic hydroxyl groups is 1. The Morgan fingerprint density at radius 3 is 2.83 bits per heavy atom. The van der Waals surface area contributed by atoms with Crippen molar-refractivity contribution in [3.63, 3.8) is 0 Å². The normalized spacial score (nSPS) is 23.5. The van der Waals surface area contributed by atoms with Gasteiger partial charge in [-0.1, -0.05) is 12.8 Å². The maximum absolute atomic E-state index is 13.7. The van der Waals surface area contributed by atoms with Crippen molar-refractivity contribution in [3.8, 4) is 0 Å². The Balaban J connectivity index is 1.90. The van der Waals surface area contributed by atoms with Crippen molar-refractivity contribution in [2.75, 3.05) is 11.1 Å². The number of nitrogen functional groups attached to an aromatic ring is 1. The fourth-order valence-corrected chi connectivity index (χ4v) is 3.95. The number of hydrogen-bond donors (Lipinski definition) is 3. The molecule has 6 nitrogen and oxygen atoms in total. The summed E-state index contributed by atoms with van der Waals surface area (Å²) >= 11 is 0. The van der Waals surface area contributed by atoms with Gasteiger partial charge in [-0.2, -0.15) is 5.10 Å². The molecule has 1 fully saturated rings. The molecule has 1 saturated carbocycles. The number of nitrogens with two attached hydrogens (primary N) is 1. The third-order valence-electron chi connectivity index (χ3n) is 5.10. The molecule has 7 heteroatoms. The molecular weight excluding hydrogens is 311 g/mol. The third kappa shape index (κ3) is 1.91. The van der Waals surface area contributed by atoms with Crippen molar-refractivity contribution < 1.29 is 14.3 Å². The van der Waals surface area contributed by atoms with Crippen molar-refractivity contribution in [3.05, 3.63) is 40.8 Å². The number of benzene rings is 1. The van der Waals surface area contributed by atoms with Crippen LogP contribution in [0.2, 0.25) is 0 Å². The minimum Gasteiger partial charge on any atom is -0.384 e. The van der Waals surface area contributed by atoms with Crippen LogP contribution in [0.4, 0.5) is 15.9 Å². The molecule has 0 radical (unpaired) electrons. The first kappa shape index (κ1) is 15.1. The molecule has 2 aliphatic rings. The van der Waals surface area contributed by atoms with Gasteiger partial charge in [0.15, 0.2) is 0 Å². The zero-order chi connectivity index (χ0) is 17.1. The summed E-state index contributed by atoms with van der Waals surface area (Å²) in [5.41, 5.74) is 5.53. The average molecular weight is 330 g/mol. The molecule has 1 aliphatic carbocycles. The highest BCUT2D eigenvalue weighted by Gasteiger charge is 2.50. The van der Waals surface area contributed by atoms with Gasteiger partial charge in [-0.15, -0.1) is 0 Å². The molecule has 0 unspecified atom stereocenters. The molecule has 1 aliphatic heterocycles. The summed E-state index contributed by atoms with van der Waals surface area (Å²) in [7, 11) is 0. The Kier molecular flexibility index (Phi) is 3.18. The molecule has 126 valence electrons.